The van der Waals surface area contributed by atoms with Crippen LogP contribution in [0.3, 0.4) is 0 Å². The summed E-state index contributed by atoms with van der Waals surface area (Å²) in [5, 5.41) is 9.65. The van der Waals surface area contributed by atoms with Gasteiger partial charge < -0.3 is 14.3 Å². The Hall–Kier alpha value is -2.82. The Morgan fingerprint density at radius 3 is 2.56 bits per heavy atom. The van der Waals surface area contributed by atoms with Gasteiger partial charge >= 0.3 is 5.97 Å². The minimum absolute atomic E-state index is 0.0593. The third-order valence-electron chi connectivity index (χ3n) is 4.10. The SMILES string of the molecule is O=C(O)CCCCCCOc1ccc2oc3ccccc3c(=O)c2c1. The van der Waals surface area contributed by atoms with E-state index in [4.69, 9.17) is 14.3 Å². The number of carboxylic acids is 1. The fourth-order valence-electron chi connectivity index (χ4n) is 2.79. The van der Waals surface area contributed by atoms with E-state index in [9.17, 15) is 9.59 Å². The first-order valence-corrected chi connectivity index (χ1v) is 8.45. The number of rotatable bonds is 8. The highest BCUT2D eigenvalue weighted by molar-refractivity contribution is 5.90. The average Bonchev–Trinajstić information content (AvgIpc) is 2.61. The van der Waals surface area contributed by atoms with E-state index >= 15 is 0 Å². The van der Waals surface area contributed by atoms with Crippen LogP contribution in [0.4, 0.5) is 0 Å². The molecule has 1 N–H and O–H groups in total. The van der Waals surface area contributed by atoms with Crippen molar-refractivity contribution >= 4 is 27.9 Å². The number of benzene rings is 2. The molecule has 5 heteroatoms. The van der Waals surface area contributed by atoms with Crippen molar-refractivity contribution in [2.45, 2.75) is 32.1 Å². The number of aliphatic carboxylic acids is 1. The molecule has 0 radical (unpaired) electrons. The molecule has 0 aliphatic rings. The summed E-state index contributed by atoms with van der Waals surface area (Å²) in [6, 6.07) is 12.5. The van der Waals surface area contributed by atoms with Crippen molar-refractivity contribution in [1.29, 1.82) is 0 Å². The molecule has 130 valence electrons. The Morgan fingerprint density at radius 2 is 1.72 bits per heavy atom. The molecule has 1 aromatic heterocycles. The standard InChI is InChI=1S/C20H20O5/c21-19(22)9-3-1-2-6-12-24-14-10-11-18-16(13-14)20(23)15-7-4-5-8-17(15)25-18/h4-5,7-8,10-11,13H,1-3,6,9,12H2,(H,21,22). The van der Waals surface area contributed by atoms with E-state index in [0.29, 0.717) is 40.7 Å². The van der Waals surface area contributed by atoms with Gasteiger partial charge in [0.2, 0.25) is 5.43 Å². The number of hydrogen-bond donors (Lipinski definition) is 1. The molecule has 0 saturated carbocycles. The van der Waals surface area contributed by atoms with Gasteiger partial charge in [-0.25, -0.2) is 0 Å². The predicted octanol–water partition coefficient (Wildman–Crippen LogP) is 4.36. The summed E-state index contributed by atoms with van der Waals surface area (Å²) in [4.78, 5) is 23.0. The zero-order valence-corrected chi connectivity index (χ0v) is 13.9. The van der Waals surface area contributed by atoms with Crippen LogP contribution in [0, 0.1) is 0 Å². The second kappa shape index (κ2) is 7.83. The van der Waals surface area contributed by atoms with Gasteiger partial charge in [0.15, 0.2) is 0 Å². The van der Waals surface area contributed by atoms with Gasteiger partial charge in [0, 0.05) is 6.42 Å². The van der Waals surface area contributed by atoms with E-state index in [1.54, 1.807) is 30.3 Å². The molecule has 1 heterocycles. The lowest BCUT2D eigenvalue weighted by atomic mass is 10.1. The zero-order valence-electron chi connectivity index (χ0n) is 13.9. The molecule has 25 heavy (non-hydrogen) atoms. The minimum Gasteiger partial charge on any atom is -0.494 e. The van der Waals surface area contributed by atoms with Gasteiger partial charge in [0.25, 0.3) is 0 Å². The number of fused-ring (bicyclic) bond motifs is 2. The number of ether oxygens (including phenoxy) is 1. The van der Waals surface area contributed by atoms with Crippen LogP contribution in [0.2, 0.25) is 0 Å². The molecular formula is C20H20O5. The highest BCUT2D eigenvalue weighted by Gasteiger charge is 2.08. The Kier molecular flexibility index (Phi) is 5.33. The van der Waals surface area contributed by atoms with Crippen LogP contribution in [0.15, 0.2) is 51.7 Å². The monoisotopic (exact) mass is 340 g/mol. The number of unbranched alkanes of at least 4 members (excludes halogenated alkanes) is 3. The fraction of sp³-hybridized carbons (Fsp3) is 0.300. The molecule has 0 amide bonds. The van der Waals surface area contributed by atoms with Gasteiger partial charge in [-0.2, -0.15) is 0 Å². The van der Waals surface area contributed by atoms with Crippen LogP contribution >= 0.6 is 0 Å². The average molecular weight is 340 g/mol. The lowest BCUT2D eigenvalue weighted by molar-refractivity contribution is -0.137. The van der Waals surface area contributed by atoms with E-state index < -0.39 is 5.97 Å². The Morgan fingerprint density at radius 1 is 0.960 bits per heavy atom. The molecule has 0 aliphatic carbocycles. The highest BCUT2D eigenvalue weighted by atomic mass is 16.5. The van der Waals surface area contributed by atoms with Gasteiger partial charge in [0.05, 0.1) is 17.4 Å². The lowest BCUT2D eigenvalue weighted by Gasteiger charge is -2.07. The summed E-state index contributed by atoms with van der Waals surface area (Å²) in [7, 11) is 0. The molecule has 0 spiro atoms. The van der Waals surface area contributed by atoms with Crippen molar-refractivity contribution in [3.8, 4) is 5.75 Å². The summed E-state index contributed by atoms with van der Waals surface area (Å²) >= 11 is 0. The smallest absolute Gasteiger partial charge is 0.303 e. The van der Waals surface area contributed by atoms with E-state index in [0.717, 1.165) is 19.3 Å². The molecule has 3 aromatic rings. The molecule has 0 atom stereocenters. The third-order valence-corrected chi connectivity index (χ3v) is 4.10. The first-order valence-electron chi connectivity index (χ1n) is 8.45. The first kappa shape index (κ1) is 17.0. The maximum Gasteiger partial charge on any atom is 0.303 e. The molecule has 0 bridgehead atoms. The largest absolute Gasteiger partial charge is 0.494 e. The molecule has 2 aromatic carbocycles. The van der Waals surface area contributed by atoms with Crippen LogP contribution in [-0.2, 0) is 4.79 Å². The maximum atomic E-state index is 12.6. The Balaban J connectivity index is 1.63. The quantitative estimate of drug-likeness (QED) is 0.487. The zero-order chi connectivity index (χ0) is 17.6. The maximum absolute atomic E-state index is 12.6. The fourth-order valence-corrected chi connectivity index (χ4v) is 2.79. The summed E-state index contributed by atoms with van der Waals surface area (Å²) < 4.78 is 11.5. The minimum atomic E-state index is -0.751. The molecule has 0 fully saturated rings. The summed E-state index contributed by atoms with van der Waals surface area (Å²) in [5.41, 5.74) is 1.07. The second-order valence-corrected chi connectivity index (χ2v) is 5.99. The van der Waals surface area contributed by atoms with Crippen molar-refractivity contribution in [3.05, 3.63) is 52.7 Å². The third kappa shape index (κ3) is 4.18. The summed E-state index contributed by atoms with van der Waals surface area (Å²) in [6.45, 7) is 0.539. The van der Waals surface area contributed by atoms with Crippen LogP contribution < -0.4 is 10.2 Å². The topological polar surface area (TPSA) is 76.7 Å². The van der Waals surface area contributed by atoms with Crippen LogP contribution in [0.5, 0.6) is 5.75 Å². The second-order valence-electron chi connectivity index (χ2n) is 5.99. The molecule has 5 nitrogen and oxygen atoms in total. The van der Waals surface area contributed by atoms with E-state index in [2.05, 4.69) is 0 Å². The number of carbonyl (C=O) groups is 1. The van der Waals surface area contributed by atoms with Crippen LogP contribution in [-0.4, -0.2) is 17.7 Å². The number of para-hydroxylation sites is 1. The molecule has 0 saturated heterocycles. The van der Waals surface area contributed by atoms with E-state index in [1.165, 1.54) is 0 Å². The number of hydrogen-bond acceptors (Lipinski definition) is 4. The Bertz CT molecular complexity index is 942. The Labute approximate surface area is 144 Å². The summed E-state index contributed by atoms with van der Waals surface area (Å²) in [5.74, 6) is -0.112. The predicted molar refractivity (Wildman–Crippen MR) is 96.2 cm³/mol. The van der Waals surface area contributed by atoms with Crippen molar-refractivity contribution < 1.29 is 19.1 Å². The van der Waals surface area contributed by atoms with Gasteiger partial charge in [-0.05, 0) is 43.2 Å². The normalized spacial score (nSPS) is 11.0. The highest BCUT2D eigenvalue weighted by Crippen LogP contribution is 2.22. The van der Waals surface area contributed by atoms with E-state index in [1.807, 2.05) is 12.1 Å². The van der Waals surface area contributed by atoms with Crippen LogP contribution in [0.1, 0.15) is 32.1 Å². The van der Waals surface area contributed by atoms with Crippen molar-refractivity contribution in [2.24, 2.45) is 0 Å². The molecular weight excluding hydrogens is 320 g/mol. The molecule has 3 rings (SSSR count). The van der Waals surface area contributed by atoms with Crippen LogP contribution in [0.25, 0.3) is 21.9 Å². The van der Waals surface area contributed by atoms with Crippen molar-refractivity contribution in [1.82, 2.24) is 0 Å². The van der Waals surface area contributed by atoms with Gasteiger partial charge in [0.1, 0.15) is 16.9 Å². The molecule has 0 unspecified atom stereocenters. The molecule has 0 aliphatic heterocycles. The van der Waals surface area contributed by atoms with Gasteiger partial charge in [-0.3, -0.25) is 9.59 Å². The van der Waals surface area contributed by atoms with Crippen molar-refractivity contribution in [3.63, 3.8) is 0 Å². The number of carboxylic acid groups (broad SMARTS) is 1. The lowest BCUT2D eigenvalue weighted by Crippen LogP contribution is -2.03. The van der Waals surface area contributed by atoms with Crippen molar-refractivity contribution in [2.75, 3.05) is 6.61 Å². The summed E-state index contributed by atoms with van der Waals surface area (Å²) in [6.07, 6.45) is 3.56. The van der Waals surface area contributed by atoms with Gasteiger partial charge in [-0.1, -0.05) is 25.0 Å². The van der Waals surface area contributed by atoms with E-state index in [-0.39, 0.29) is 11.8 Å². The first-order chi connectivity index (χ1) is 12.1. The van der Waals surface area contributed by atoms with Gasteiger partial charge in [-0.15, -0.1) is 0 Å².